The summed E-state index contributed by atoms with van der Waals surface area (Å²) >= 11 is 0. The summed E-state index contributed by atoms with van der Waals surface area (Å²) in [5.41, 5.74) is 0.799. The van der Waals surface area contributed by atoms with Crippen molar-refractivity contribution in [3.63, 3.8) is 0 Å². The van der Waals surface area contributed by atoms with E-state index in [0.717, 1.165) is 6.42 Å². The van der Waals surface area contributed by atoms with Gasteiger partial charge in [-0.25, -0.2) is 13.2 Å². The van der Waals surface area contributed by atoms with E-state index in [1.165, 1.54) is 24.3 Å². The summed E-state index contributed by atoms with van der Waals surface area (Å²) in [5, 5.41) is 9.87. The fourth-order valence-electron chi connectivity index (χ4n) is 2.55. The lowest BCUT2D eigenvalue weighted by atomic mass is 9.97. The number of rotatable bonds is 5. The van der Waals surface area contributed by atoms with Gasteiger partial charge in [0.2, 0.25) is 0 Å². The van der Waals surface area contributed by atoms with Crippen molar-refractivity contribution in [1.29, 1.82) is 0 Å². The van der Waals surface area contributed by atoms with E-state index in [1.807, 2.05) is 13.8 Å². The van der Waals surface area contributed by atoms with Crippen LogP contribution in [0.4, 0.5) is 13.2 Å². The average molecular weight is 308 g/mol. The van der Waals surface area contributed by atoms with Gasteiger partial charge >= 0.3 is 0 Å². The van der Waals surface area contributed by atoms with Crippen molar-refractivity contribution in [3.05, 3.63) is 52.8 Å². The van der Waals surface area contributed by atoms with Gasteiger partial charge in [-0.15, -0.1) is 0 Å². The number of phenolic OH excluding ortho intramolecular Hbond substituents is 1. The van der Waals surface area contributed by atoms with Crippen LogP contribution in [0.25, 0.3) is 11.1 Å². The monoisotopic (exact) mass is 308 g/mol. The molecule has 0 aliphatic rings. The lowest BCUT2D eigenvalue weighted by Gasteiger charge is -2.12. The molecule has 0 bridgehead atoms. The number of hydrogen-bond donors (Lipinski definition) is 1. The van der Waals surface area contributed by atoms with Crippen LogP contribution in [-0.2, 0) is 12.8 Å². The molecule has 22 heavy (non-hydrogen) atoms. The summed E-state index contributed by atoms with van der Waals surface area (Å²) in [6.45, 7) is 3.81. The van der Waals surface area contributed by atoms with E-state index in [-0.39, 0.29) is 16.7 Å². The standard InChI is InChI=1S/C18H19F3O/c1-3-5-11-9-14(18(22)15(19)10-11)13-8-7-12(6-4-2)16(20)17(13)21/h7-10,22H,3-6H2,1-2H3. The van der Waals surface area contributed by atoms with E-state index in [0.29, 0.717) is 24.8 Å². The van der Waals surface area contributed by atoms with E-state index in [4.69, 9.17) is 0 Å². The molecule has 118 valence electrons. The highest BCUT2D eigenvalue weighted by Crippen LogP contribution is 2.36. The van der Waals surface area contributed by atoms with E-state index < -0.39 is 23.2 Å². The largest absolute Gasteiger partial charge is 0.504 e. The van der Waals surface area contributed by atoms with Crippen molar-refractivity contribution in [2.75, 3.05) is 0 Å². The lowest BCUT2D eigenvalue weighted by molar-refractivity contribution is 0.433. The van der Waals surface area contributed by atoms with Crippen LogP contribution in [-0.4, -0.2) is 5.11 Å². The Morgan fingerprint density at radius 2 is 1.55 bits per heavy atom. The molecule has 0 unspecified atom stereocenters. The molecule has 0 saturated carbocycles. The number of phenols is 1. The van der Waals surface area contributed by atoms with Gasteiger partial charge in [0.05, 0.1) is 0 Å². The molecule has 2 aromatic rings. The van der Waals surface area contributed by atoms with E-state index >= 15 is 0 Å². The summed E-state index contributed by atoms with van der Waals surface area (Å²) < 4.78 is 42.2. The Balaban J connectivity index is 2.59. The highest BCUT2D eigenvalue weighted by atomic mass is 19.2. The van der Waals surface area contributed by atoms with Gasteiger partial charge in [0.25, 0.3) is 0 Å². The third-order valence-electron chi connectivity index (χ3n) is 3.63. The van der Waals surface area contributed by atoms with Gasteiger partial charge in [-0.2, -0.15) is 0 Å². The Hall–Kier alpha value is -1.97. The molecule has 1 N–H and O–H groups in total. The van der Waals surface area contributed by atoms with Gasteiger partial charge in [0, 0.05) is 11.1 Å². The molecule has 0 heterocycles. The van der Waals surface area contributed by atoms with Crippen LogP contribution in [0.15, 0.2) is 24.3 Å². The van der Waals surface area contributed by atoms with Gasteiger partial charge in [0.15, 0.2) is 23.2 Å². The SMILES string of the molecule is CCCc1cc(F)c(O)c(-c2ccc(CCC)c(F)c2F)c1. The molecule has 0 saturated heterocycles. The fraction of sp³-hybridized carbons (Fsp3) is 0.333. The molecule has 2 aromatic carbocycles. The normalized spacial score (nSPS) is 11.0. The minimum Gasteiger partial charge on any atom is -0.504 e. The van der Waals surface area contributed by atoms with Crippen LogP contribution in [0.2, 0.25) is 0 Å². The van der Waals surface area contributed by atoms with Gasteiger partial charge in [-0.3, -0.25) is 0 Å². The molecule has 2 rings (SSSR count). The van der Waals surface area contributed by atoms with Crippen LogP contribution in [0, 0.1) is 17.5 Å². The second-order valence-electron chi connectivity index (χ2n) is 5.37. The van der Waals surface area contributed by atoms with Crippen molar-refractivity contribution < 1.29 is 18.3 Å². The highest BCUT2D eigenvalue weighted by Gasteiger charge is 2.19. The second-order valence-corrected chi connectivity index (χ2v) is 5.37. The van der Waals surface area contributed by atoms with Crippen LogP contribution in [0.5, 0.6) is 5.75 Å². The van der Waals surface area contributed by atoms with Crippen molar-refractivity contribution >= 4 is 0 Å². The fourth-order valence-corrected chi connectivity index (χ4v) is 2.55. The molecule has 0 fully saturated rings. The molecule has 0 aliphatic carbocycles. The van der Waals surface area contributed by atoms with E-state index in [2.05, 4.69) is 0 Å². The summed E-state index contributed by atoms with van der Waals surface area (Å²) in [5.74, 6) is -3.45. The number of aromatic hydroxyl groups is 1. The highest BCUT2D eigenvalue weighted by molar-refractivity contribution is 5.72. The predicted molar refractivity (Wildman–Crippen MR) is 81.4 cm³/mol. The number of benzene rings is 2. The van der Waals surface area contributed by atoms with Gasteiger partial charge in [-0.05, 0) is 36.1 Å². The zero-order chi connectivity index (χ0) is 16.3. The lowest BCUT2D eigenvalue weighted by Crippen LogP contribution is -1.98. The molecule has 0 spiro atoms. The zero-order valence-electron chi connectivity index (χ0n) is 12.7. The first kappa shape index (κ1) is 16.4. The predicted octanol–water partition coefficient (Wildman–Crippen LogP) is 5.38. The maximum absolute atomic E-state index is 14.3. The van der Waals surface area contributed by atoms with E-state index in [1.54, 1.807) is 0 Å². The zero-order valence-corrected chi connectivity index (χ0v) is 12.7. The summed E-state index contributed by atoms with van der Waals surface area (Å²) in [6.07, 6.45) is 2.51. The Morgan fingerprint density at radius 3 is 2.18 bits per heavy atom. The number of hydrogen-bond acceptors (Lipinski definition) is 1. The minimum atomic E-state index is -1.05. The Labute approximate surface area is 128 Å². The molecule has 0 aromatic heterocycles. The third-order valence-corrected chi connectivity index (χ3v) is 3.63. The van der Waals surface area contributed by atoms with Gasteiger partial charge in [-0.1, -0.05) is 38.8 Å². The van der Waals surface area contributed by atoms with E-state index in [9.17, 15) is 18.3 Å². The van der Waals surface area contributed by atoms with Crippen molar-refractivity contribution in [2.45, 2.75) is 39.5 Å². The first-order chi connectivity index (χ1) is 10.5. The number of aryl methyl sites for hydroxylation is 2. The van der Waals surface area contributed by atoms with Crippen molar-refractivity contribution in [1.82, 2.24) is 0 Å². The molecular formula is C18H19F3O. The molecule has 0 amide bonds. The number of halogens is 3. The molecule has 4 heteroatoms. The summed E-state index contributed by atoms with van der Waals surface area (Å²) in [6, 6.07) is 5.62. The summed E-state index contributed by atoms with van der Waals surface area (Å²) in [4.78, 5) is 0. The Morgan fingerprint density at radius 1 is 0.864 bits per heavy atom. The minimum absolute atomic E-state index is 0.0112. The molecule has 0 atom stereocenters. The summed E-state index contributed by atoms with van der Waals surface area (Å²) in [7, 11) is 0. The first-order valence-electron chi connectivity index (χ1n) is 7.48. The third kappa shape index (κ3) is 3.11. The maximum atomic E-state index is 14.3. The van der Waals surface area contributed by atoms with Gasteiger partial charge < -0.3 is 5.11 Å². The van der Waals surface area contributed by atoms with Crippen molar-refractivity contribution in [3.8, 4) is 16.9 Å². The molecular weight excluding hydrogens is 289 g/mol. The van der Waals surface area contributed by atoms with Crippen molar-refractivity contribution in [2.24, 2.45) is 0 Å². The maximum Gasteiger partial charge on any atom is 0.167 e. The smallest absolute Gasteiger partial charge is 0.167 e. The Bertz CT molecular complexity index is 681. The quantitative estimate of drug-likeness (QED) is 0.786. The Kier molecular flexibility index (Phi) is 5.11. The van der Waals surface area contributed by atoms with Crippen LogP contribution < -0.4 is 0 Å². The molecule has 1 nitrogen and oxygen atoms in total. The first-order valence-corrected chi connectivity index (χ1v) is 7.48. The van der Waals surface area contributed by atoms with Gasteiger partial charge in [0.1, 0.15) is 0 Å². The second kappa shape index (κ2) is 6.86. The topological polar surface area (TPSA) is 20.2 Å². The van der Waals surface area contributed by atoms with Crippen LogP contribution in [0.3, 0.4) is 0 Å². The molecule has 0 aliphatic heterocycles. The molecule has 0 radical (unpaired) electrons. The average Bonchev–Trinajstić information content (AvgIpc) is 2.49. The van der Waals surface area contributed by atoms with Crippen LogP contribution in [0.1, 0.15) is 37.8 Å². The van der Waals surface area contributed by atoms with Crippen LogP contribution >= 0.6 is 0 Å².